The number of aromatic hydroxyl groups is 1. The molecule has 1 amide bonds. The maximum Gasteiger partial charge on any atom is 0.254 e. The van der Waals surface area contributed by atoms with E-state index in [9.17, 15) is 9.90 Å². The van der Waals surface area contributed by atoms with Gasteiger partial charge >= 0.3 is 0 Å². The van der Waals surface area contributed by atoms with Crippen molar-refractivity contribution in [2.45, 2.75) is 19.1 Å². The summed E-state index contributed by atoms with van der Waals surface area (Å²) in [5.74, 6) is -0.162. The SMILES string of the molecule is CC(N)C1CN(C(=O)c2ccc(O)c(Cl)c2)CCO1. The van der Waals surface area contributed by atoms with E-state index < -0.39 is 0 Å². The molecule has 1 saturated heterocycles. The molecule has 1 aromatic carbocycles. The fourth-order valence-corrected chi connectivity index (χ4v) is 2.18. The van der Waals surface area contributed by atoms with Gasteiger partial charge in [0.2, 0.25) is 0 Å². The first-order valence-corrected chi connectivity index (χ1v) is 6.52. The van der Waals surface area contributed by atoms with Crippen LogP contribution in [0, 0.1) is 0 Å². The summed E-state index contributed by atoms with van der Waals surface area (Å²) in [6, 6.07) is 4.31. The van der Waals surface area contributed by atoms with Crippen molar-refractivity contribution >= 4 is 17.5 Å². The van der Waals surface area contributed by atoms with E-state index in [0.29, 0.717) is 25.3 Å². The monoisotopic (exact) mass is 284 g/mol. The van der Waals surface area contributed by atoms with Gasteiger partial charge in [-0.3, -0.25) is 4.79 Å². The topological polar surface area (TPSA) is 75.8 Å². The number of amides is 1. The first-order valence-electron chi connectivity index (χ1n) is 6.14. The molecule has 0 saturated carbocycles. The molecule has 3 N–H and O–H groups in total. The lowest BCUT2D eigenvalue weighted by Crippen LogP contribution is -2.51. The number of ether oxygens (including phenoxy) is 1. The minimum Gasteiger partial charge on any atom is -0.506 e. The van der Waals surface area contributed by atoms with Crippen molar-refractivity contribution in [3.05, 3.63) is 28.8 Å². The van der Waals surface area contributed by atoms with E-state index in [-0.39, 0.29) is 28.8 Å². The number of hydrogen-bond acceptors (Lipinski definition) is 4. The molecule has 0 radical (unpaired) electrons. The Morgan fingerprint density at radius 3 is 3.00 bits per heavy atom. The maximum absolute atomic E-state index is 12.3. The van der Waals surface area contributed by atoms with Crippen LogP contribution in [-0.2, 0) is 4.74 Å². The Morgan fingerprint density at radius 2 is 2.37 bits per heavy atom. The second-order valence-corrected chi connectivity index (χ2v) is 5.09. The summed E-state index contributed by atoms with van der Waals surface area (Å²) in [6.45, 7) is 3.33. The van der Waals surface area contributed by atoms with E-state index in [0.717, 1.165) is 0 Å². The Kier molecular flexibility index (Phi) is 4.29. The van der Waals surface area contributed by atoms with Crippen molar-refractivity contribution in [1.29, 1.82) is 0 Å². The Hall–Kier alpha value is -1.30. The third-order valence-corrected chi connectivity index (χ3v) is 3.46. The Labute approximate surface area is 116 Å². The molecule has 5 nitrogen and oxygen atoms in total. The number of halogens is 1. The van der Waals surface area contributed by atoms with Gasteiger partial charge in [0, 0.05) is 24.7 Å². The summed E-state index contributed by atoms with van der Waals surface area (Å²) in [4.78, 5) is 14.0. The molecule has 1 aromatic rings. The van der Waals surface area contributed by atoms with Crippen molar-refractivity contribution < 1.29 is 14.6 Å². The molecule has 0 bridgehead atoms. The zero-order valence-electron chi connectivity index (χ0n) is 10.7. The van der Waals surface area contributed by atoms with Crippen LogP contribution in [0.3, 0.4) is 0 Å². The lowest BCUT2D eigenvalue weighted by molar-refractivity contribution is -0.0300. The fourth-order valence-electron chi connectivity index (χ4n) is 2.00. The standard InChI is InChI=1S/C13H17ClN2O3/c1-8(15)12-7-16(4-5-19-12)13(18)9-2-3-11(17)10(14)6-9/h2-3,6,8,12,17H,4-5,7,15H2,1H3. The van der Waals surface area contributed by atoms with Gasteiger partial charge in [0.05, 0.1) is 17.7 Å². The summed E-state index contributed by atoms with van der Waals surface area (Å²) < 4.78 is 5.51. The van der Waals surface area contributed by atoms with E-state index in [1.807, 2.05) is 6.92 Å². The van der Waals surface area contributed by atoms with Crippen molar-refractivity contribution in [1.82, 2.24) is 4.90 Å². The van der Waals surface area contributed by atoms with Crippen LogP contribution in [0.2, 0.25) is 5.02 Å². The molecule has 104 valence electrons. The van der Waals surface area contributed by atoms with Crippen molar-refractivity contribution in [3.63, 3.8) is 0 Å². The molecule has 2 rings (SSSR count). The van der Waals surface area contributed by atoms with E-state index in [1.165, 1.54) is 12.1 Å². The van der Waals surface area contributed by atoms with Crippen molar-refractivity contribution in [2.24, 2.45) is 5.73 Å². The van der Waals surface area contributed by atoms with Crippen molar-refractivity contribution in [3.8, 4) is 5.75 Å². The van der Waals surface area contributed by atoms with Crippen LogP contribution in [0.1, 0.15) is 17.3 Å². The highest BCUT2D eigenvalue weighted by Gasteiger charge is 2.27. The van der Waals surface area contributed by atoms with E-state index >= 15 is 0 Å². The number of nitrogens with zero attached hydrogens (tertiary/aromatic N) is 1. The van der Waals surface area contributed by atoms with Gasteiger partial charge in [-0.1, -0.05) is 11.6 Å². The lowest BCUT2D eigenvalue weighted by atomic mass is 10.1. The van der Waals surface area contributed by atoms with Gasteiger partial charge in [0.15, 0.2) is 0 Å². The Bertz CT molecular complexity index is 479. The Morgan fingerprint density at radius 1 is 1.63 bits per heavy atom. The molecular weight excluding hydrogens is 268 g/mol. The second-order valence-electron chi connectivity index (χ2n) is 4.69. The number of morpholine rings is 1. The summed E-state index contributed by atoms with van der Waals surface area (Å²) in [7, 11) is 0. The van der Waals surface area contributed by atoms with Crippen LogP contribution in [-0.4, -0.2) is 47.8 Å². The predicted molar refractivity (Wildman–Crippen MR) is 72.4 cm³/mol. The van der Waals surface area contributed by atoms with Gasteiger partial charge in [-0.2, -0.15) is 0 Å². The van der Waals surface area contributed by atoms with Crippen LogP contribution in [0.5, 0.6) is 5.75 Å². The Balaban J connectivity index is 2.12. The van der Waals surface area contributed by atoms with Crippen molar-refractivity contribution in [2.75, 3.05) is 19.7 Å². The molecule has 2 atom stereocenters. The van der Waals surface area contributed by atoms with Gasteiger partial charge in [0.25, 0.3) is 5.91 Å². The molecule has 19 heavy (non-hydrogen) atoms. The third kappa shape index (κ3) is 3.18. The van der Waals surface area contributed by atoms with Crippen LogP contribution in [0.15, 0.2) is 18.2 Å². The minimum absolute atomic E-state index is 0.0337. The van der Waals surface area contributed by atoms with Crippen LogP contribution >= 0.6 is 11.6 Å². The average molecular weight is 285 g/mol. The van der Waals surface area contributed by atoms with E-state index in [4.69, 9.17) is 22.1 Å². The van der Waals surface area contributed by atoms with Gasteiger partial charge in [-0.05, 0) is 25.1 Å². The largest absolute Gasteiger partial charge is 0.506 e. The number of phenols is 1. The molecule has 0 spiro atoms. The second kappa shape index (κ2) is 5.77. The highest BCUT2D eigenvalue weighted by molar-refractivity contribution is 6.32. The van der Waals surface area contributed by atoms with E-state index in [1.54, 1.807) is 11.0 Å². The number of carbonyl (C=O) groups is 1. The smallest absolute Gasteiger partial charge is 0.254 e. The highest BCUT2D eigenvalue weighted by Crippen LogP contribution is 2.24. The first kappa shape index (κ1) is 14.1. The number of hydrogen-bond donors (Lipinski definition) is 2. The number of carbonyl (C=O) groups excluding carboxylic acids is 1. The zero-order chi connectivity index (χ0) is 14.0. The maximum atomic E-state index is 12.3. The fraction of sp³-hybridized carbons (Fsp3) is 0.462. The van der Waals surface area contributed by atoms with E-state index in [2.05, 4.69) is 0 Å². The van der Waals surface area contributed by atoms with Gasteiger partial charge < -0.3 is 20.5 Å². The summed E-state index contributed by atoms with van der Waals surface area (Å²) in [5.41, 5.74) is 6.25. The third-order valence-electron chi connectivity index (χ3n) is 3.16. The van der Waals surface area contributed by atoms with Crippen LogP contribution < -0.4 is 5.73 Å². The lowest BCUT2D eigenvalue weighted by Gasteiger charge is -2.34. The number of benzene rings is 1. The molecule has 0 aromatic heterocycles. The number of nitrogens with two attached hydrogens (primary N) is 1. The molecular formula is C13H17ClN2O3. The van der Waals surface area contributed by atoms with Gasteiger partial charge in [-0.15, -0.1) is 0 Å². The molecule has 0 aliphatic carbocycles. The summed E-state index contributed by atoms with van der Waals surface area (Å²) in [6.07, 6.45) is -0.148. The normalized spacial score (nSPS) is 21.2. The number of rotatable bonds is 2. The summed E-state index contributed by atoms with van der Waals surface area (Å²) in [5, 5.41) is 9.53. The molecule has 1 fully saturated rings. The number of phenolic OH excluding ortho intramolecular Hbond substituents is 1. The minimum atomic E-state index is -0.148. The molecule has 1 aliphatic rings. The highest BCUT2D eigenvalue weighted by atomic mass is 35.5. The molecule has 1 aliphatic heterocycles. The first-order chi connectivity index (χ1) is 8.99. The molecule has 2 unspecified atom stereocenters. The molecule has 1 heterocycles. The van der Waals surface area contributed by atoms with Gasteiger partial charge in [0.1, 0.15) is 5.75 Å². The van der Waals surface area contributed by atoms with Gasteiger partial charge in [-0.25, -0.2) is 0 Å². The average Bonchev–Trinajstić information content (AvgIpc) is 2.41. The van der Waals surface area contributed by atoms with Crippen LogP contribution in [0.4, 0.5) is 0 Å². The zero-order valence-corrected chi connectivity index (χ0v) is 11.4. The predicted octanol–water partition coefficient (Wildman–Crippen LogP) is 1.23. The molecule has 6 heteroatoms. The summed E-state index contributed by atoms with van der Waals surface area (Å²) >= 11 is 5.81. The quantitative estimate of drug-likeness (QED) is 0.857. The van der Waals surface area contributed by atoms with Crippen LogP contribution in [0.25, 0.3) is 0 Å².